The molecule has 0 atom stereocenters. The lowest BCUT2D eigenvalue weighted by Crippen LogP contribution is -1.97. The number of esters is 1. The number of rotatable bonds is 2. The second kappa shape index (κ2) is 5.85. The van der Waals surface area contributed by atoms with Crippen LogP contribution in [0.3, 0.4) is 0 Å². The minimum Gasteiger partial charge on any atom is -0.491 e. The number of hydrogen-bond acceptors (Lipinski definition) is 3. The molecule has 0 bridgehead atoms. The summed E-state index contributed by atoms with van der Waals surface area (Å²) < 4.78 is 35.4. The molecule has 0 aliphatic heterocycles. The standard InChI is InChI=1S/C12H10F2O3/c1-16-11(15)5-3-4-8-6-9(13)12(17-2)10(14)7-8/h6-7H,5H2,1-2H3. The highest BCUT2D eigenvalue weighted by Crippen LogP contribution is 2.22. The van der Waals surface area contributed by atoms with Gasteiger partial charge in [0.15, 0.2) is 17.4 Å². The maximum absolute atomic E-state index is 13.2. The van der Waals surface area contributed by atoms with Crippen LogP contribution in [0.2, 0.25) is 0 Å². The lowest BCUT2D eigenvalue weighted by molar-refractivity contribution is -0.139. The van der Waals surface area contributed by atoms with Crippen molar-refractivity contribution in [2.75, 3.05) is 14.2 Å². The highest BCUT2D eigenvalue weighted by Gasteiger charge is 2.10. The zero-order chi connectivity index (χ0) is 12.8. The topological polar surface area (TPSA) is 35.5 Å². The number of halogens is 2. The minimum absolute atomic E-state index is 0.129. The lowest BCUT2D eigenvalue weighted by atomic mass is 10.2. The van der Waals surface area contributed by atoms with E-state index < -0.39 is 23.4 Å². The quantitative estimate of drug-likeness (QED) is 0.585. The molecular weight excluding hydrogens is 230 g/mol. The van der Waals surface area contributed by atoms with Crippen LogP contribution in [0.15, 0.2) is 12.1 Å². The smallest absolute Gasteiger partial charge is 0.317 e. The first-order valence-corrected chi connectivity index (χ1v) is 4.67. The monoisotopic (exact) mass is 240 g/mol. The van der Waals surface area contributed by atoms with Crippen LogP contribution in [-0.4, -0.2) is 20.2 Å². The van der Waals surface area contributed by atoms with Gasteiger partial charge in [-0.1, -0.05) is 11.8 Å². The summed E-state index contributed by atoms with van der Waals surface area (Å²) in [7, 11) is 2.40. The minimum atomic E-state index is -0.838. The number of carbonyl (C=O) groups excluding carboxylic acids is 1. The van der Waals surface area contributed by atoms with E-state index in [0.29, 0.717) is 0 Å². The number of carbonyl (C=O) groups is 1. The first-order chi connectivity index (χ1) is 8.08. The molecular formula is C12H10F2O3. The van der Waals surface area contributed by atoms with Crippen LogP contribution >= 0.6 is 0 Å². The third kappa shape index (κ3) is 3.45. The van der Waals surface area contributed by atoms with Crippen molar-refractivity contribution in [2.24, 2.45) is 0 Å². The molecule has 3 nitrogen and oxygen atoms in total. The van der Waals surface area contributed by atoms with Gasteiger partial charge < -0.3 is 9.47 Å². The number of methoxy groups -OCH3 is 2. The van der Waals surface area contributed by atoms with Gasteiger partial charge in [0.25, 0.3) is 0 Å². The molecule has 1 rings (SSSR count). The van der Waals surface area contributed by atoms with Crippen LogP contribution in [0.5, 0.6) is 5.75 Å². The first kappa shape index (κ1) is 13.0. The predicted molar refractivity (Wildman–Crippen MR) is 56.4 cm³/mol. The molecule has 0 aliphatic rings. The molecule has 0 heterocycles. The van der Waals surface area contributed by atoms with Crippen LogP contribution in [-0.2, 0) is 9.53 Å². The maximum Gasteiger partial charge on any atom is 0.317 e. The molecule has 90 valence electrons. The predicted octanol–water partition coefficient (Wildman–Crippen LogP) is 1.89. The van der Waals surface area contributed by atoms with Crippen molar-refractivity contribution in [2.45, 2.75) is 6.42 Å². The Labute approximate surface area is 97.3 Å². The third-order valence-electron chi connectivity index (χ3n) is 1.90. The van der Waals surface area contributed by atoms with Crippen molar-refractivity contribution < 1.29 is 23.0 Å². The van der Waals surface area contributed by atoms with Gasteiger partial charge in [0.1, 0.15) is 6.42 Å². The summed E-state index contributed by atoms with van der Waals surface area (Å²) in [5.74, 6) is 2.26. The Kier molecular flexibility index (Phi) is 4.46. The summed E-state index contributed by atoms with van der Waals surface area (Å²) in [6.07, 6.45) is -0.133. The van der Waals surface area contributed by atoms with E-state index in [2.05, 4.69) is 21.3 Å². The van der Waals surface area contributed by atoms with Gasteiger partial charge in [0.2, 0.25) is 0 Å². The zero-order valence-electron chi connectivity index (χ0n) is 9.34. The molecule has 0 radical (unpaired) electrons. The maximum atomic E-state index is 13.2. The Hall–Kier alpha value is -2.09. The van der Waals surface area contributed by atoms with E-state index in [1.807, 2.05) is 0 Å². The third-order valence-corrected chi connectivity index (χ3v) is 1.90. The Balaban J connectivity index is 2.90. The first-order valence-electron chi connectivity index (χ1n) is 4.67. The van der Waals surface area contributed by atoms with E-state index in [0.717, 1.165) is 12.1 Å². The number of ether oxygens (including phenoxy) is 2. The van der Waals surface area contributed by atoms with Gasteiger partial charge in [0, 0.05) is 5.56 Å². The van der Waals surface area contributed by atoms with Gasteiger partial charge in [-0.15, -0.1) is 0 Å². The fourth-order valence-electron chi connectivity index (χ4n) is 1.12. The summed E-state index contributed by atoms with van der Waals surface area (Å²) >= 11 is 0. The van der Waals surface area contributed by atoms with Crippen LogP contribution in [0.25, 0.3) is 0 Å². The molecule has 0 unspecified atom stereocenters. The van der Waals surface area contributed by atoms with Crippen LogP contribution in [0.4, 0.5) is 8.78 Å². The molecule has 5 heteroatoms. The Morgan fingerprint density at radius 2 is 1.88 bits per heavy atom. The van der Waals surface area contributed by atoms with Gasteiger partial charge in [-0.25, -0.2) is 8.78 Å². The van der Waals surface area contributed by atoms with E-state index >= 15 is 0 Å². The molecule has 1 aromatic carbocycles. The van der Waals surface area contributed by atoms with E-state index in [1.54, 1.807) is 0 Å². The van der Waals surface area contributed by atoms with Crippen LogP contribution in [0, 0.1) is 23.5 Å². The van der Waals surface area contributed by atoms with Gasteiger partial charge in [-0.3, -0.25) is 4.79 Å². The Morgan fingerprint density at radius 3 is 2.35 bits per heavy atom. The molecule has 0 aliphatic carbocycles. The molecule has 0 spiro atoms. The van der Waals surface area contributed by atoms with Crippen LogP contribution in [0.1, 0.15) is 12.0 Å². The average Bonchev–Trinajstić information content (AvgIpc) is 2.28. The SMILES string of the molecule is COC(=O)CC#Cc1cc(F)c(OC)c(F)c1. The summed E-state index contributed by atoms with van der Waals surface area (Å²) in [5, 5.41) is 0. The van der Waals surface area contributed by atoms with Gasteiger partial charge in [0.05, 0.1) is 14.2 Å². The number of hydrogen-bond donors (Lipinski definition) is 0. The summed E-state index contributed by atoms with van der Waals surface area (Å²) in [6.45, 7) is 0. The Bertz CT molecular complexity index is 463. The van der Waals surface area contributed by atoms with E-state index in [4.69, 9.17) is 0 Å². The second-order valence-corrected chi connectivity index (χ2v) is 3.03. The zero-order valence-corrected chi connectivity index (χ0v) is 9.34. The summed E-state index contributed by atoms with van der Waals surface area (Å²) in [4.78, 5) is 10.7. The van der Waals surface area contributed by atoms with Gasteiger partial charge in [-0.2, -0.15) is 0 Å². The van der Waals surface area contributed by atoms with Gasteiger partial charge >= 0.3 is 5.97 Å². The lowest BCUT2D eigenvalue weighted by Gasteiger charge is -2.03. The highest BCUT2D eigenvalue weighted by atomic mass is 19.1. The van der Waals surface area contributed by atoms with Gasteiger partial charge in [-0.05, 0) is 12.1 Å². The normalized spacial score (nSPS) is 9.18. The van der Waals surface area contributed by atoms with E-state index in [-0.39, 0.29) is 12.0 Å². The van der Waals surface area contributed by atoms with Crippen molar-refractivity contribution in [3.8, 4) is 17.6 Å². The van der Waals surface area contributed by atoms with Crippen molar-refractivity contribution in [1.82, 2.24) is 0 Å². The summed E-state index contributed by atoms with van der Waals surface area (Å²) in [5.41, 5.74) is 0.129. The molecule has 0 amide bonds. The second-order valence-electron chi connectivity index (χ2n) is 3.03. The molecule has 0 saturated carbocycles. The molecule has 0 saturated heterocycles. The molecule has 1 aromatic rings. The summed E-state index contributed by atoms with van der Waals surface area (Å²) in [6, 6.07) is 2.07. The Morgan fingerprint density at radius 1 is 1.29 bits per heavy atom. The number of benzene rings is 1. The fraction of sp³-hybridized carbons (Fsp3) is 0.250. The highest BCUT2D eigenvalue weighted by molar-refractivity contribution is 5.72. The van der Waals surface area contributed by atoms with Crippen molar-refractivity contribution in [1.29, 1.82) is 0 Å². The van der Waals surface area contributed by atoms with Crippen molar-refractivity contribution in [3.05, 3.63) is 29.3 Å². The molecule has 0 aromatic heterocycles. The molecule has 0 N–H and O–H groups in total. The molecule has 0 fully saturated rings. The molecule has 17 heavy (non-hydrogen) atoms. The fourth-order valence-corrected chi connectivity index (χ4v) is 1.12. The average molecular weight is 240 g/mol. The van der Waals surface area contributed by atoms with Crippen molar-refractivity contribution >= 4 is 5.97 Å². The largest absolute Gasteiger partial charge is 0.491 e. The van der Waals surface area contributed by atoms with E-state index in [1.165, 1.54) is 14.2 Å². The van der Waals surface area contributed by atoms with Crippen LogP contribution < -0.4 is 4.74 Å². The van der Waals surface area contributed by atoms with E-state index in [9.17, 15) is 13.6 Å². The van der Waals surface area contributed by atoms with Crippen molar-refractivity contribution in [3.63, 3.8) is 0 Å².